The van der Waals surface area contributed by atoms with Gasteiger partial charge in [-0.1, -0.05) is 86.5 Å². The molecule has 2 atom stereocenters. The number of hydrogen-bond donors (Lipinski definition) is 1. The quantitative estimate of drug-likeness (QED) is 0.324. The van der Waals surface area contributed by atoms with E-state index in [9.17, 15) is 14.4 Å². The number of benzene rings is 3. The number of carbonyl (C=O) groups is 3. The van der Waals surface area contributed by atoms with Gasteiger partial charge in [-0.05, 0) is 59.6 Å². The van der Waals surface area contributed by atoms with Crippen molar-refractivity contribution in [2.24, 2.45) is 5.92 Å². The number of piperidine rings is 1. The number of nitrogens with zero attached hydrogens (tertiary/aromatic N) is 1. The molecule has 2 amide bonds. The van der Waals surface area contributed by atoms with E-state index in [4.69, 9.17) is 4.74 Å². The summed E-state index contributed by atoms with van der Waals surface area (Å²) >= 11 is 0. The number of esters is 1. The van der Waals surface area contributed by atoms with Crippen LogP contribution in [0.3, 0.4) is 0 Å². The average Bonchev–Trinajstić information content (AvgIpc) is 3.54. The molecule has 1 saturated heterocycles. The zero-order valence-electron chi connectivity index (χ0n) is 24.1. The molecule has 3 aromatic rings. The Hall–Kier alpha value is -3.93. The summed E-state index contributed by atoms with van der Waals surface area (Å²) < 4.78 is 4.77. The Labute approximate surface area is 243 Å². The Bertz CT molecular complexity index is 1350. The van der Waals surface area contributed by atoms with E-state index in [1.165, 1.54) is 12.7 Å². The predicted molar refractivity (Wildman–Crippen MR) is 159 cm³/mol. The summed E-state index contributed by atoms with van der Waals surface area (Å²) in [6.07, 6.45) is 5.82. The van der Waals surface area contributed by atoms with E-state index in [2.05, 4.69) is 60.8 Å². The maximum atomic E-state index is 13.5. The van der Waals surface area contributed by atoms with Gasteiger partial charge >= 0.3 is 5.97 Å². The molecule has 1 aliphatic carbocycles. The third-order valence-electron chi connectivity index (χ3n) is 8.96. The fourth-order valence-corrected chi connectivity index (χ4v) is 6.50. The van der Waals surface area contributed by atoms with E-state index in [0.717, 1.165) is 48.8 Å². The van der Waals surface area contributed by atoms with E-state index in [1.54, 1.807) is 12.1 Å². The Morgan fingerprint density at radius 1 is 0.951 bits per heavy atom. The van der Waals surface area contributed by atoms with Crippen molar-refractivity contribution in [3.63, 3.8) is 0 Å². The van der Waals surface area contributed by atoms with Crippen molar-refractivity contribution in [1.82, 2.24) is 10.2 Å². The Morgan fingerprint density at radius 3 is 2.27 bits per heavy atom. The number of carbonyl (C=O) groups excluding carboxylic acids is 3. The largest absolute Gasteiger partial charge is 0.465 e. The molecule has 0 aromatic heterocycles. The third kappa shape index (κ3) is 6.70. The number of likely N-dealkylation sites (tertiary alicyclic amines) is 1. The van der Waals surface area contributed by atoms with Crippen molar-refractivity contribution in [3.05, 3.63) is 107 Å². The maximum Gasteiger partial charge on any atom is 0.337 e. The minimum Gasteiger partial charge on any atom is -0.465 e. The molecule has 1 N–H and O–H groups in total. The number of methoxy groups -OCH3 is 1. The van der Waals surface area contributed by atoms with Gasteiger partial charge in [0.15, 0.2) is 0 Å². The summed E-state index contributed by atoms with van der Waals surface area (Å²) in [4.78, 5) is 40.1. The van der Waals surface area contributed by atoms with Gasteiger partial charge in [0.05, 0.1) is 18.6 Å². The van der Waals surface area contributed by atoms with Crippen LogP contribution in [0.5, 0.6) is 0 Å². The lowest BCUT2D eigenvalue weighted by molar-refractivity contribution is -0.136. The van der Waals surface area contributed by atoms with Crippen LogP contribution >= 0.6 is 0 Å². The van der Waals surface area contributed by atoms with Gasteiger partial charge in [0.25, 0.3) is 0 Å². The molecular formula is C35H40N2O4. The van der Waals surface area contributed by atoms with Crippen LogP contribution in [0, 0.1) is 5.92 Å². The second-order valence-electron chi connectivity index (χ2n) is 11.8. The van der Waals surface area contributed by atoms with Crippen molar-refractivity contribution >= 4 is 17.8 Å². The molecule has 0 spiro atoms. The molecule has 3 aromatic carbocycles. The first kappa shape index (κ1) is 28.6. The number of nitrogens with one attached hydrogen (secondary N) is 1. The van der Waals surface area contributed by atoms with Gasteiger partial charge in [0, 0.05) is 31.5 Å². The van der Waals surface area contributed by atoms with Crippen molar-refractivity contribution < 1.29 is 19.1 Å². The minimum atomic E-state index is -0.375. The number of rotatable bonds is 9. The van der Waals surface area contributed by atoms with Crippen LogP contribution in [-0.2, 0) is 32.8 Å². The van der Waals surface area contributed by atoms with Crippen LogP contribution in [0.25, 0.3) is 0 Å². The first-order chi connectivity index (χ1) is 19.9. The standard InChI is InChI=1S/C35H40N2O4/c1-35(30-10-4-3-5-11-30)21-20-31(38)37(24-35)23-26-14-16-28(17-15-26)32(27-8-6-7-9-27)33(39)36-22-25-12-18-29(19-13-25)34(40)41-2/h3-5,10-19,27,32H,6-9,20-24H2,1-2H3,(H,36,39). The van der Waals surface area contributed by atoms with Crippen molar-refractivity contribution in [1.29, 1.82) is 0 Å². The van der Waals surface area contributed by atoms with Crippen LogP contribution in [0.15, 0.2) is 78.9 Å². The zero-order valence-corrected chi connectivity index (χ0v) is 24.1. The Balaban J connectivity index is 1.26. The lowest BCUT2D eigenvalue weighted by Crippen LogP contribution is -2.47. The highest BCUT2D eigenvalue weighted by Crippen LogP contribution is 2.38. The number of hydrogen-bond acceptors (Lipinski definition) is 4. The molecule has 41 heavy (non-hydrogen) atoms. The Morgan fingerprint density at radius 2 is 1.61 bits per heavy atom. The predicted octanol–water partition coefficient (Wildman–Crippen LogP) is 6.14. The van der Waals surface area contributed by atoms with Crippen molar-refractivity contribution in [2.75, 3.05) is 13.7 Å². The summed E-state index contributed by atoms with van der Waals surface area (Å²) in [6, 6.07) is 25.9. The Kier molecular flexibility index (Phi) is 8.87. The molecule has 6 nitrogen and oxygen atoms in total. The van der Waals surface area contributed by atoms with E-state index >= 15 is 0 Å². The number of ether oxygens (including phenoxy) is 1. The maximum absolute atomic E-state index is 13.5. The lowest BCUT2D eigenvalue weighted by Gasteiger charge is -2.41. The van der Waals surface area contributed by atoms with Crippen molar-refractivity contribution in [2.45, 2.75) is 69.9 Å². The smallest absolute Gasteiger partial charge is 0.337 e. The van der Waals surface area contributed by atoms with Gasteiger partial charge in [-0.15, -0.1) is 0 Å². The SMILES string of the molecule is COC(=O)c1ccc(CNC(=O)C(c2ccc(CN3CC(C)(c4ccccc4)CCC3=O)cc2)C2CCCC2)cc1. The molecule has 1 aliphatic heterocycles. The van der Waals surface area contributed by atoms with Gasteiger partial charge < -0.3 is 15.0 Å². The highest BCUT2D eigenvalue weighted by atomic mass is 16.5. The van der Waals surface area contributed by atoms with E-state index in [0.29, 0.717) is 37.5 Å². The van der Waals surface area contributed by atoms with E-state index < -0.39 is 0 Å². The highest BCUT2D eigenvalue weighted by molar-refractivity contribution is 5.89. The fraction of sp³-hybridized carbons (Fsp3) is 0.400. The second-order valence-corrected chi connectivity index (χ2v) is 11.8. The van der Waals surface area contributed by atoms with Crippen molar-refractivity contribution in [3.8, 4) is 0 Å². The molecule has 1 heterocycles. The molecule has 2 unspecified atom stereocenters. The van der Waals surface area contributed by atoms with Crippen LogP contribution in [0.4, 0.5) is 0 Å². The molecule has 5 rings (SSSR count). The summed E-state index contributed by atoms with van der Waals surface area (Å²) in [6.45, 7) is 3.93. The summed E-state index contributed by atoms with van der Waals surface area (Å²) in [7, 11) is 1.36. The van der Waals surface area contributed by atoms with Gasteiger partial charge in [0.1, 0.15) is 0 Å². The lowest BCUT2D eigenvalue weighted by atomic mass is 9.75. The zero-order chi connectivity index (χ0) is 28.8. The monoisotopic (exact) mass is 552 g/mol. The molecule has 0 bridgehead atoms. The van der Waals surface area contributed by atoms with E-state index in [1.807, 2.05) is 23.1 Å². The fourth-order valence-electron chi connectivity index (χ4n) is 6.50. The van der Waals surface area contributed by atoms with Crippen LogP contribution in [0.2, 0.25) is 0 Å². The number of amides is 2. The normalized spacial score (nSPS) is 20.0. The third-order valence-corrected chi connectivity index (χ3v) is 8.96. The van der Waals surface area contributed by atoms with Gasteiger partial charge in [-0.25, -0.2) is 4.79 Å². The molecule has 214 valence electrons. The molecule has 2 fully saturated rings. The van der Waals surface area contributed by atoms with Crippen LogP contribution < -0.4 is 5.32 Å². The van der Waals surface area contributed by atoms with Gasteiger partial charge in [0.2, 0.25) is 11.8 Å². The average molecular weight is 553 g/mol. The second kappa shape index (κ2) is 12.7. The summed E-state index contributed by atoms with van der Waals surface area (Å²) in [5.41, 5.74) is 4.75. The van der Waals surface area contributed by atoms with E-state index in [-0.39, 0.29) is 29.1 Å². The molecule has 0 radical (unpaired) electrons. The summed E-state index contributed by atoms with van der Waals surface area (Å²) in [5.74, 6) is -0.0336. The molecule has 1 saturated carbocycles. The van der Waals surface area contributed by atoms with Gasteiger partial charge in [-0.3, -0.25) is 9.59 Å². The van der Waals surface area contributed by atoms with Gasteiger partial charge in [-0.2, -0.15) is 0 Å². The minimum absolute atomic E-state index is 0.0338. The molecule has 6 heteroatoms. The van der Waals surface area contributed by atoms with Crippen LogP contribution in [0.1, 0.15) is 84.0 Å². The molecule has 2 aliphatic rings. The first-order valence-corrected chi connectivity index (χ1v) is 14.7. The highest BCUT2D eigenvalue weighted by Gasteiger charge is 2.36. The van der Waals surface area contributed by atoms with Crippen LogP contribution in [-0.4, -0.2) is 36.3 Å². The summed E-state index contributed by atoms with van der Waals surface area (Å²) in [5, 5.41) is 3.14. The molecular weight excluding hydrogens is 512 g/mol. The topological polar surface area (TPSA) is 75.7 Å². The first-order valence-electron chi connectivity index (χ1n) is 14.7.